The fraction of sp³-hybridized carbons (Fsp3) is 0.647. The molecule has 0 amide bonds. The van der Waals surface area contributed by atoms with Crippen LogP contribution in [0.15, 0.2) is 35.4 Å². The fourth-order valence-corrected chi connectivity index (χ4v) is 8.92. The number of allylic oxidation sites excluding steroid dienone is 2. The number of rotatable bonds is 6. The highest BCUT2D eigenvalue weighted by Gasteiger charge is 2.60. The number of benzene rings is 1. The summed E-state index contributed by atoms with van der Waals surface area (Å²) in [5.41, 5.74) is 3.22. The Kier molecular flexibility index (Phi) is 7.24. The van der Waals surface area contributed by atoms with Crippen LogP contribution in [0.5, 0.6) is 11.5 Å². The Labute approximate surface area is 234 Å². The lowest BCUT2D eigenvalue weighted by atomic mass is 9.47. The third-order valence-corrected chi connectivity index (χ3v) is 11.2. The highest BCUT2D eigenvalue weighted by atomic mass is 16.5. The zero-order valence-corrected chi connectivity index (χ0v) is 24.1. The van der Waals surface area contributed by atoms with Gasteiger partial charge in [0.25, 0.3) is 0 Å². The SMILES string of the molecule is COc1cc(/C=C2/C[C@H]3[C@@H]4CCC5=CC(=O)CC[C@]5(C)[C@H]4CC[C@]3(C)C2=O)ccc1OCCN1CCCCC1. The minimum absolute atomic E-state index is 0.130. The van der Waals surface area contributed by atoms with Gasteiger partial charge in [0.1, 0.15) is 6.61 Å². The first kappa shape index (κ1) is 26.8. The van der Waals surface area contributed by atoms with Gasteiger partial charge in [0.05, 0.1) is 7.11 Å². The van der Waals surface area contributed by atoms with Crippen LogP contribution >= 0.6 is 0 Å². The van der Waals surface area contributed by atoms with Crippen molar-refractivity contribution in [2.45, 2.75) is 78.1 Å². The van der Waals surface area contributed by atoms with Crippen LogP contribution in [0.3, 0.4) is 0 Å². The molecule has 5 atom stereocenters. The van der Waals surface area contributed by atoms with Crippen molar-refractivity contribution < 1.29 is 19.1 Å². The molecule has 5 nitrogen and oxygen atoms in total. The Morgan fingerprint density at radius 1 is 0.974 bits per heavy atom. The molecule has 0 aromatic heterocycles. The van der Waals surface area contributed by atoms with Crippen LogP contribution in [-0.4, -0.2) is 49.8 Å². The summed E-state index contributed by atoms with van der Waals surface area (Å²) in [6, 6.07) is 6.07. The summed E-state index contributed by atoms with van der Waals surface area (Å²) in [5.74, 6) is 3.67. The zero-order chi connectivity index (χ0) is 27.2. The minimum Gasteiger partial charge on any atom is -0.493 e. The van der Waals surface area contributed by atoms with E-state index in [1.807, 2.05) is 18.2 Å². The summed E-state index contributed by atoms with van der Waals surface area (Å²) in [6.07, 6.45) is 14.7. The summed E-state index contributed by atoms with van der Waals surface area (Å²) < 4.78 is 11.8. The van der Waals surface area contributed by atoms with Gasteiger partial charge in [-0.15, -0.1) is 0 Å². The van der Waals surface area contributed by atoms with Gasteiger partial charge in [0, 0.05) is 18.4 Å². The molecule has 3 saturated carbocycles. The molecule has 1 saturated heterocycles. The van der Waals surface area contributed by atoms with Crippen LogP contribution in [-0.2, 0) is 9.59 Å². The molecule has 210 valence electrons. The second kappa shape index (κ2) is 10.5. The van der Waals surface area contributed by atoms with E-state index in [4.69, 9.17) is 9.47 Å². The van der Waals surface area contributed by atoms with Gasteiger partial charge < -0.3 is 9.47 Å². The lowest BCUT2D eigenvalue weighted by Crippen LogP contribution is -2.50. The molecule has 6 rings (SSSR count). The molecule has 4 fully saturated rings. The average molecular weight is 532 g/mol. The number of Topliss-reactive ketones (excluding diaryl/α,β-unsaturated/α-hetero) is 1. The van der Waals surface area contributed by atoms with Crippen molar-refractivity contribution in [1.82, 2.24) is 4.90 Å². The lowest BCUT2D eigenvalue weighted by molar-refractivity contribution is -0.130. The number of carbonyl (C=O) groups is 2. The van der Waals surface area contributed by atoms with E-state index in [2.05, 4.69) is 30.9 Å². The fourth-order valence-electron chi connectivity index (χ4n) is 8.92. The quantitative estimate of drug-likeness (QED) is 0.385. The van der Waals surface area contributed by atoms with Crippen LogP contribution in [0.1, 0.15) is 83.6 Å². The Morgan fingerprint density at radius 3 is 2.59 bits per heavy atom. The number of ether oxygens (including phenoxy) is 2. The van der Waals surface area contributed by atoms with E-state index in [9.17, 15) is 9.59 Å². The van der Waals surface area contributed by atoms with E-state index in [-0.39, 0.29) is 10.8 Å². The molecule has 0 unspecified atom stereocenters. The van der Waals surface area contributed by atoms with Crippen molar-refractivity contribution in [1.29, 1.82) is 0 Å². The molecule has 0 radical (unpaired) electrons. The number of fused-ring (bicyclic) bond motifs is 5. The van der Waals surface area contributed by atoms with Gasteiger partial charge in [-0.3, -0.25) is 14.5 Å². The second-order valence-corrected chi connectivity index (χ2v) is 13.3. The van der Waals surface area contributed by atoms with Crippen LogP contribution < -0.4 is 9.47 Å². The summed E-state index contributed by atoms with van der Waals surface area (Å²) in [4.78, 5) is 28.5. The van der Waals surface area contributed by atoms with Gasteiger partial charge in [0.15, 0.2) is 23.1 Å². The molecular formula is C34H45NO4. The Balaban J connectivity index is 1.18. The molecule has 4 aliphatic carbocycles. The largest absolute Gasteiger partial charge is 0.493 e. The molecule has 5 aliphatic rings. The van der Waals surface area contributed by atoms with Gasteiger partial charge in [-0.1, -0.05) is 31.9 Å². The van der Waals surface area contributed by atoms with Gasteiger partial charge in [-0.25, -0.2) is 0 Å². The normalized spacial score (nSPS) is 35.7. The monoisotopic (exact) mass is 531 g/mol. The topological polar surface area (TPSA) is 55.8 Å². The van der Waals surface area contributed by atoms with Gasteiger partial charge in [0.2, 0.25) is 0 Å². The number of hydrogen-bond acceptors (Lipinski definition) is 5. The third kappa shape index (κ3) is 4.79. The highest BCUT2D eigenvalue weighted by molar-refractivity contribution is 6.06. The maximum Gasteiger partial charge on any atom is 0.165 e. The van der Waals surface area contributed by atoms with Gasteiger partial charge >= 0.3 is 0 Å². The van der Waals surface area contributed by atoms with Crippen LogP contribution in [0.25, 0.3) is 6.08 Å². The van der Waals surface area contributed by atoms with Crippen molar-refractivity contribution in [3.63, 3.8) is 0 Å². The zero-order valence-electron chi connectivity index (χ0n) is 24.1. The Morgan fingerprint density at radius 2 is 1.79 bits per heavy atom. The molecule has 0 bridgehead atoms. The first-order chi connectivity index (χ1) is 18.8. The standard InChI is InChI=1S/C34H45NO4/c1-33-13-11-26(36)22-25(33)8-9-27-28(33)12-14-34(2)29(27)21-24(32(34)37)19-23-7-10-30(31(20-23)38-3)39-18-17-35-15-5-4-6-16-35/h7,10,19-20,22,27-29H,4-6,8-9,11-18,21H2,1-3H3/b24-19-/t27-,28+,29+,33+,34+/m1/s1. The predicted octanol–water partition coefficient (Wildman–Crippen LogP) is 6.65. The molecule has 1 heterocycles. The molecule has 1 aliphatic heterocycles. The van der Waals surface area contributed by atoms with E-state index in [1.54, 1.807) is 7.11 Å². The molecular weight excluding hydrogens is 486 g/mol. The summed E-state index contributed by atoms with van der Waals surface area (Å²) in [6.45, 7) is 8.56. The number of piperidine rings is 1. The highest BCUT2D eigenvalue weighted by Crippen LogP contribution is 2.65. The number of likely N-dealkylation sites (tertiary alicyclic amines) is 1. The molecule has 0 spiro atoms. The van der Waals surface area contributed by atoms with Gasteiger partial charge in [-0.05, 0) is 123 Å². The van der Waals surface area contributed by atoms with E-state index in [0.29, 0.717) is 42.3 Å². The van der Waals surface area contributed by atoms with E-state index in [1.165, 1.54) is 37.9 Å². The number of carbonyl (C=O) groups excluding carboxylic acids is 2. The van der Waals surface area contributed by atoms with Crippen molar-refractivity contribution in [2.24, 2.45) is 28.6 Å². The summed E-state index contributed by atoms with van der Waals surface area (Å²) in [7, 11) is 1.69. The van der Waals surface area contributed by atoms with Crippen molar-refractivity contribution in [3.8, 4) is 11.5 Å². The van der Waals surface area contributed by atoms with Crippen LogP contribution in [0.4, 0.5) is 0 Å². The number of ketones is 2. The molecule has 5 heteroatoms. The van der Waals surface area contributed by atoms with Gasteiger partial charge in [-0.2, -0.15) is 0 Å². The second-order valence-electron chi connectivity index (χ2n) is 13.3. The van der Waals surface area contributed by atoms with Crippen molar-refractivity contribution in [3.05, 3.63) is 41.0 Å². The predicted molar refractivity (Wildman–Crippen MR) is 154 cm³/mol. The van der Waals surface area contributed by atoms with Crippen molar-refractivity contribution in [2.75, 3.05) is 33.4 Å². The molecule has 1 aromatic rings. The minimum atomic E-state index is -0.267. The first-order valence-corrected chi connectivity index (χ1v) is 15.3. The summed E-state index contributed by atoms with van der Waals surface area (Å²) in [5, 5.41) is 0. The lowest BCUT2D eigenvalue weighted by Gasteiger charge is -2.56. The van der Waals surface area contributed by atoms with E-state index in [0.717, 1.165) is 67.7 Å². The Bertz CT molecular complexity index is 1190. The maximum absolute atomic E-state index is 13.9. The average Bonchev–Trinajstić information content (AvgIpc) is 3.20. The third-order valence-electron chi connectivity index (χ3n) is 11.2. The summed E-state index contributed by atoms with van der Waals surface area (Å²) >= 11 is 0. The number of methoxy groups -OCH3 is 1. The van der Waals surface area contributed by atoms with E-state index >= 15 is 0 Å². The molecule has 0 N–H and O–H groups in total. The smallest absolute Gasteiger partial charge is 0.165 e. The number of hydrogen-bond donors (Lipinski definition) is 0. The maximum atomic E-state index is 13.9. The number of nitrogens with zero attached hydrogens (tertiary/aromatic N) is 1. The van der Waals surface area contributed by atoms with Crippen LogP contribution in [0, 0.1) is 28.6 Å². The van der Waals surface area contributed by atoms with E-state index < -0.39 is 0 Å². The first-order valence-electron chi connectivity index (χ1n) is 15.3. The van der Waals surface area contributed by atoms with Crippen molar-refractivity contribution >= 4 is 17.6 Å². The molecule has 1 aromatic carbocycles. The Hall–Kier alpha value is -2.40. The van der Waals surface area contributed by atoms with Crippen LogP contribution in [0.2, 0.25) is 0 Å². The molecule has 39 heavy (non-hydrogen) atoms.